The summed E-state index contributed by atoms with van der Waals surface area (Å²) >= 11 is 0. The van der Waals surface area contributed by atoms with Crippen LogP contribution in [0.25, 0.3) is 11.0 Å². The van der Waals surface area contributed by atoms with Gasteiger partial charge in [0.15, 0.2) is 6.04 Å². The van der Waals surface area contributed by atoms with Gasteiger partial charge in [-0.2, -0.15) is 0 Å². The molecule has 0 saturated carbocycles. The fourth-order valence-electron chi connectivity index (χ4n) is 2.15. The van der Waals surface area contributed by atoms with Crippen LogP contribution in [-0.4, -0.2) is 36.2 Å². The van der Waals surface area contributed by atoms with Crippen molar-refractivity contribution in [3.8, 4) is 0 Å². The molecule has 2 N–H and O–H groups in total. The number of amides is 1. The highest BCUT2D eigenvalue weighted by atomic mass is 16.5. The molecule has 0 aliphatic rings. The third-order valence-corrected chi connectivity index (χ3v) is 3.41. The normalized spacial score (nSPS) is 12.0. The number of carbonyl (C=O) groups is 2. The lowest BCUT2D eigenvalue weighted by molar-refractivity contribution is -0.140. The minimum absolute atomic E-state index is 0.136. The van der Waals surface area contributed by atoms with Gasteiger partial charge in [-0.15, -0.1) is 6.58 Å². The summed E-state index contributed by atoms with van der Waals surface area (Å²) in [5.74, 6) is -1.67. The van der Waals surface area contributed by atoms with Crippen LogP contribution in [0.1, 0.15) is 22.8 Å². The number of ether oxygens (including phenoxy) is 1. The lowest BCUT2D eigenvalue weighted by Gasteiger charge is -2.13. The molecular formula is C17H19NO5. The predicted octanol–water partition coefficient (Wildman–Crippen LogP) is 2.38. The number of aliphatic carboxylic acids is 1. The standard InChI is InChI=1S/C17H19NO5/c1-3-7-22-10-14(17(20)21)18-16(19)13-9-23-15-6-5-11(4-2)8-12(13)15/h3,5-6,8-9,14H,1,4,7,10H2,2H3,(H,18,19)(H,20,21). The van der Waals surface area contributed by atoms with E-state index >= 15 is 0 Å². The van der Waals surface area contributed by atoms with Crippen LogP contribution in [0.2, 0.25) is 0 Å². The summed E-state index contributed by atoms with van der Waals surface area (Å²) in [6.07, 6.45) is 3.68. The molecule has 122 valence electrons. The molecule has 1 unspecified atom stereocenters. The van der Waals surface area contributed by atoms with Gasteiger partial charge in [0.1, 0.15) is 11.8 Å². The molecule has 0 spiro atoms. The van der Waals surface area contributed by atoms with Crippen molar-refractivity contribution in [1.29, 1.82) is 0 Å². The van der Waals surface area contributed by atoms with E-state index in [1.165, 1.54) is 12.3 Å². The lowest BCUT2D eigenvalue weighted by atomic mass is 10.1. The Kier molecular flexibility index (Phi) is 5.54. The highest BCUT2D eigenvalue weighted by Gasteiger charge is 2.23. The molecule has 0 bridgehead atoms. The molecule has 1 amide bonds. The molecular weight excluding hydrogens is 298 g/mol. The Hall–Kier alpha value is -2.60. The van der Waals surface area contributed by atoms with E-state index in [0.717, 1.165) is 12.0 Å². The molecule has 6 heteroatoms. The van der Waals surface area contributed by atoms with Crippen LogP contribution in [0.15, 0.2) is 41.5 Å². The SMILES string of the molecule is C=CCOCC(NC(=O)c1coc2ccc(CC)cc12)C(=O)O. The van der Waals surface area contributed by atoms with Gasteiger partial charge in [-0.25, -0.2) is 4.79 Å². The molecule has 1 heterocycles. The molecule has 0 saturated heterocycles. The molecule has 1 atom stereocenters. The quantitative estimate of drug-likeness (QED) is 0.576. The predicted molar refractivity (Wildman–Crippen MR) is 85.5 cm³/mol. The van der Waals surface area contributed by atoms with Crippen molar-refractivity contribution in [2.45, 2.75) is 19.4 Å². The van der Waals surface area contributed by atoms with Crippen molar-refractivity contribution < 1.29 is 23.8 Å². The first kappa shape index (κ1) is 16.8. The number of fused-ring (bicyclic) bond motifs is 1. The van der Waals surface area contributed by atoms with Crippen molar-refractivity contribution in [3.63, 3.8) is 0 Å². The largest absolute Gasteiger partial charge is 0.480 e. The highest BCUT2D eigenvalue weighted by Crippen LogP contribution is 2.23. The zero-order chi connectivity index (χ0) is 16.8. The summed E-state index contributed by atoms with van der Waals surface area (Å²) < 4.78 is 10.5. The van der Waals surface area contributed by atoms with Crippen LogP contribution in [0.4, 0.5) is 0 Å². The zero-order valence-electron chi connectivity index (χ0n) is 12.9. The van der Waals surface area contributed by atoms with Crippen molar-refractivity contribution in [2.24, 2.45) is 0 Å². The fourth-order valence-corrected chi connectivity index (χ4v) is 2.15. The summed E-state index contributed by atoms with van der Waals surface area (Å²) in [4.78, 5) is 23.6. The van der Waals surface area contributed by atoms with Crippen molar-refractivity contribution in [1.82, 2.24) is 5.32 Å². The number of benzene rings is 1. The molecule has 23 heavy (non-hydrogen) atoms. The van der Waals surface area contributed by atoms with Crippen molar-refractivity contribution in [3.05, 3.63) is 48.2 Å². The third-order valence-electron chi connectivity index (χ3n) is 3.41. The molecule has 2 rings (SSSR count). The maximum atomic E-state index is 12.4. The van der Waals surface area contributed by atoms with Crippen LogP contribution in [0, 0.1) is 0 Å². The lowest BCUT2D eigenvalue weighted by Crippen LogP contribution is -2.44. The first-order chi connectivity index (χ1) is 11.1. The van der Waals surface area contributed by atoms with Gasteiger partial charge < -0.3 is 19.6 Å². The molecule has 0 fully saturated rings. The Morgan fingerprint density at radius 3 is 2.91 bits per heavy atom. The number of carbonyl (C=O) groups excluding carboxylic acids is 1. The first-order valence-corrected chi connectivity index (χ1v) is 7.29. The van der Waals surface area contributed by atoms with Gasteiger partial charge >= 0.3 is 5.97 Å². The first-order valence-electron chi connectivity index (χ1n) is 7.29. The number of furan rings is 1. The minimum atomic E-state index is -1.16. The van der Waals surface area contributed by atoms with E-state index in [1.54, 1.807) is 6.07 Å². The van der Waals surface area contributed by atoms with Gasteiger partial charge in [-0.05, 0) is 24.1 Å². The van der Waals surface area contributed by atoms with E-state index in [0.29, 0.717) is 16.5 Å². The summed E-state index contributed by atoms with van der Waals surface area (Å²) in [6.45, 7) is 5.58. The second-order valence-electron chi connectivity index (χ2n) is 5.02. The minimum Gasteiger partial charge on any atom is -0.480 e. The molecule has 0 aliphatic heterocycles. The van der Waals surface area contributed by atoms with Gasteiger partial charge in [-0.1, -0.05) is 19.1 Å². The number of hydrogen-bond acceptors (Lipinski definition) is 4. The van der Waals surface area contributed by atoms with Gasteiger partial charge in [0.25, 0.3) is 5.91 Å². The van der Waals surface area contributed by atoms with Crippen LogP contribution in [0.5, 0.6) is 0 Å². The smallest absolute Gasteiger partial charge is 0.328 e. The third kappa shape index (κ3) is 3.98. The summed E-state index contributed by atoms with van der Waals surface area (Å²) in [5.41, 5.74) is 1.96. The van der Waals surface area contributed by atoms with Crippen LogP contribution in [-0.2, 0) is 16.0 Å². The van der Waals surface area contributed by atoms with Gasteiger partial charge in [0.2, 0.25) is 0 Å². The topological polar surface area (TPSA) is 88.8 Å². The second-order valence-corrected chi connectivity index (χ2v) is 5.02. The van der Waals surface area contributed by atoms with E-state index in [4.69, 9.17) is 9.15 Å². The van der Waals surface area contributed by atoms with Gasteiger partial charge in [-0.3, -0.25) is 4.79 Å². The monoisotopic (exact) mass is 317 g/mol. The average molecular weight is 317 g/mol. The Morgan fingerprint density at radius 2 is 2.26 bits per heavy atom. The molecule has 1 aromatic heterocycles. The van der Waals surface area contributed by atoms with E-state index in [-0.39, 0.29) is 13.2 Å². The Balaban J connectivity index is 2.18. The maximum Gasteiger partial charge on any atom is 0.328 e. The van der Waals surface area contributed by atoms with E-state index in [1.807, 2.05) is 19.1 Å². The fraction of sp³-hybridized carbons (Fsp3) is 0.294. The van der Waals surface area contributed by atoms with Crippen molar-refractivity contribution in [2.75, 3.05) is 13.2 Å². The van der Waals surface area contributed by atoms with E-state index in [2.05, 4.69) is 11.9 Å². The van der Waals surface area contributed by atoms with Crippen LogP contribution in [0.3, 0.4) is 0 Å². The number of carboxylic acids is 1. The van der Waals surface area contributed by atoms with Crippen LogP contribution < -0.4 is 5.32 Å². The Labute approximate surface area is 133 Å². The Bertz CT molecular complexity index is 719. The Morgan fingerprint density at radius 1 is 1.48 bits per heavy atom. The summed E-state index contributed by atoms with van der Waals surface area (Å²) in [5, 5.41) is 12.3. The number of aryl methyl sites for hydroxylation is 1. The summed E-state index contributed by atoms with van der Waals surface area (Å²) in [7, 11) is 0. The van der Waals surface area contributed by atoms with E-state index < -0.39 is 17.9 Å². The van der Waals surface area contributed by atoms with Crippen molar-refractivity contribution >= 4 is 22.8 Å². The molecule has 0 aliphatic carbocycles. The molecule has 6 nitrogen and oxygen atoms in total. The van der Waals surface area contributed by atoms with Gasteiger partial charge in [0.05, 0.1) is 18.8 Å². The molecule has 0 radical (unpaired) electrons. The summed E-state index contributed by atoms with van der Waals surface area (Å²) in [6, 6.07) is 4.46. The number of rotatable bonds is 8. The van der Waals surface area contributed by atoms with Crippen LogP contribution >= 0.6 is 0 Å². The number of hydrogen-bond donors (Lipinski definition) is 2. The molecule has 2 aromatic rings. The molecule has 1 aromatic carbocycles. The highest BCUT2D eigenvalue weighted by molar-refractivity contribution is 6.07. The average Bonchev–Trinajstić information content (AvgIpc) is 2.96. The van der Waals surface area contributed by atoms with Gasteiger partial charge in [0, 0.05) is 5.39 Å². The maximum absolute atomic E-state index is 12.4. The second kappa shape index (κ2) is 7.60. The number of nitrogens with one attached hydrogen (secondary N) is 1. The zero-order valence-corrected chi connectivity index (χ0v) is 12.9. The number of carboxylic acid groups (broad SMARTS) is 1. The van der Waals surface area contributed by atoms with E-state index in [9.17, 15) is 14.7 Å².